The summed E-state index contributed by atoms with van der Waals surface area (Å²) in [6.07, 6.45) is 8.46. The Bertz CT molecular complexity index is 172. The van der Waals surface area contributed by atoms with Crippen LogP contribution in [0.5, 0.6) is 0 Å². The van der Waals surface area contributed by atoms with Crippen molar-refractivity contribution in [3.05, 3.63) is 0 Å². The maximum atomic E-state index is 2.68. The van der Waals surface area contributed by atoms with Gasteiger partial charge in [-0.25, -0.2) is 0 Å². The van der Waals surface area contributed by atoms with E-state index < -0.39 is 0 Å². The molecule has 0 aromatic heterocycles. The van der Waals surface area contributed by atoms with Crippen LogP contribution in [0.1, 0.15) is 66.2 Å². The Morgan fingerprint density at radius 2 is 1.75 bits per heavy atom. The summed E-state index contributed by atoms with van der Waals surface area (Å²) in [5, 5.41) is 0. The third kappa shape index (κ3) is 5.89. The monoisotopic (exact) mass is 225 g/mol. The summed E-state index contributed by atoms with van der Waals surface area (Å²) in [6.45, 7) is 13.4. The first kappa shape index (κ1) is 14.0. The van der Waals surface area contributed by atoms with E-state index in [0.717, 1.165) is 5.92 Å². The lowest BCUT2D eigenvalue weighted by atomic mass is 9.89. The van der Waals surface area contributed by atoms with Crippen molar-refractivity contribution in [3.63, 3.8) is 0 Å². The molecule has 16 heavy (non-hydrogen) atoms. The molecule has 0 radical (unpaired) electrons. The van der Waals surface area contributed by atoms with E-state index in [1.807, 2.05) is 0 Å². The van der Waals surface area contributed by atoms with Crippen molar-refractivity contribution in [3.8, 4) is 0 Å². The fourth-order valence-electron chi connectivity index (χ4n) is 2.74. The molecule has 1 heterocycles. The standard InChI is InChI=1S/C15H31N/c1-5-7-14-8-12-16(13-9-14)11-6-10-15(2,3)4/h14H,5-13H2,1-4H3. The van der Waals surface area contributed by atoms with E-state index in [1.54, 1.807) is 0 Å². The Labute approximate surface area is 103 Å². The molecule has 1 heteroatoms. The molecule has 1 aliphatic heterocycles. The Hall–Kier alpha value is -0.0400. The highest BCUT2D eigenvalue weighted by atomic mass is 15.1. The van der Waals surface area contributed by atoms with Crippen LogP contribution in [0.2, 0.25) is 0 Å². The molecule has 1 fully saturated rings. The average molecular weight is 225 g/mol. The van der Waals surface area contributed by atoms with Crippen molar-refractivity contribution in [1.29, 1.82) is 0 Å². The molecule has 0 spiro atoms. The first-order chi connectivity index (χ1) is 7.51. The number of likely N-dealkylation sites (tertiary alicyclic amines) is 1. The fourth-order valence-corrected chi connectivity index (χ4v) is 2.74. The van der Waals surface area contributed by atoms with Crippen molar-refractivity contribution in [2.24, 2.45) is 11.3 Å². The first-order valence-electron chi connectivity index (χ1n) is 7.23. The fraction of sp³-hybridized carbons (Fsp3) is 1.00. The van der Waals surface area contributed by atoms with Gasteiger partial charge in [-0.1, -0.05) is 40.5 Å². The first-order valence-corrected chi connectivity index (χ1v) is 7.23. The highest BCUT2D eigenvalue weighted by molar-refractivity contribution is 4.72. The summed E-state index contributed by atoms with van der Waals surface area (Å²) >= 11 is 0. The summed E-state index contributed by atoms with van der Waals surface area (Å²) in [5.74, 6) is 1.03. The minimum absolute atomic E-state index is 0.514. The van der Waals surface area contributed by atoms with Crippen molar-refractivity contribution < 1.29 is 0 Å². The van der Waals surface area contributed by atoms with E-state index >= 15 is 0 Å². The van der Waals surface area contributed by atoms with Gasteiger partial charge in [0.2, 0.25) is 0 Å². The maximum Gasteiger partial charge on any atom is -0.00161 e. The predicted octanol–water partition coefficient (Wildman–Crippen LogP) is 4.32. The van der Waals surface area contributed by atoms with E-state index in [0.29, 0.717) is 5.41 Å². The van der Waals surface area contributed by atoms with E-state index in [4.69, 9.17) is 0 Å². The number of nitrogens with zero attached hydrogens (tertiary/aromatic N) is 1. The van der Waals surface area contributed by atoms with Gasteiger partial charge in [-0.3, -0.25) is 0 Å². The van der Waals surface area contributed by atoms with Gasteiger partial charge in [0, 0.05) is 0 Å². The van der Waals surface area contributed by atoms with Crippen LogP contribution in [0.25, 0.3) is 0 Å². The zero-order valence-corrected chi connectivity index (χ0v) is 11.9. The molecule has 0 atom stereocenters. The van der Waals surface area contributed by atoms with Crippen molar-refractivity contribution in [2.75, 3.05) is 19.6 Å². The molecular formula is C15H31N. The molecule has 0 aliphatic carbocycles. The van der Waals surface area contributed by atoms with Gasteiger partial charge in [0.05, 0.1) is 0 Å². The van der Waals surface area contributed by atoms with Gasteiger partial charge in [0.1, 0.15) is 0 Å². The lowest BCUT2D eigenvalue weighted by molar-refractivity contribution is 0.169. The molecule has 0 unspecified atom stereocenters. The summed E-state index contributed by atoms with van der Waals surface area (Å²) in [7, 11) is 0. The lowest BCUT2D eigenvalue weighted by Crippen LogP contribution is -2.34. The molecule has 1 nitrogen and oxygen atoms in total. The van der Waals surface area contributed by atoms with Crippen molar-refractivity contribution in [2.45, 2.75) is 66.2 Å². The molecule has 1 aliphatic rings. The van der Waals surface area contributed by atoms with E-state index in [1.165, 1.54) is 58.2 Å². The second-order valence-corrected chi connectivity index (χ2v) is 6.74. The summed E-state index contributed by atoms with van der Waals surface area (Å²) < 4.78 is 0. The molecule has 0 aromatic carbocycles. The minimum Gasteiger partial charge on any atom is -0.303 e. The second kappa shape index (κ2) is 6.64. The van der Waals surface area contributed by atoms with Crippen molar-refractivity contribution >= 4 is 0 Å². The molecule has 0 aromatic rings. The number of hydrogen-bond donors (Lipinski definition) is 0. The Morgan fingerprint density at radius 1 is 1.12 bits per heavy atom. The average Bonchev–Trinajstić information content (AvgIpc) is 2.19. The van der Waals surface area contributed by atoms with E-state index in [-0.39, 0.29) is 0 Å². The highest BCUT2D eigenvalue weighted by Gasteiger charge is 2.18. The minimum atomic E-state index is 0.514. The third-order valence-electron chi connectivity index (χ3n) is 3.81. The maximum absolute atomic E-state index is 2.68. The quantitative estimate of drug-likeness (QED) is 0.673. The van der Waals surface area contributed by atoms with Crippen LogP contribution in [0, 0.1) is 11.3 Å². The Morgan fingerprint density at radius 3 is 2.25 bits per heavy atom. The summed E-state index contributed by atoms with van der Waals surface area (Å²) in [5.41, 5.74) is 0.514. The molecule has 1 rings (SSSR count). The van der Waals surface area contributed by atoms with Gasteiger partial charge >= 0.3 is 0 Å². The molecule has 0 N–H and O–H groups in total. The van der Waals surface area contributed by atoms with Gasteiger partial charge in [0.25, 0.3) is 0 Å². The van der Waals surface area contributed by atoms with Crippen LogP contribution in [-0.2, 0) is 0 Å². The summed E-state index contributed by atoms with van der Waals surface area (Å²) in [4.78, 5) is 2.68. The molecular weight excluding hydrogens is 194 g/mol. The van der Waals surface area contributed by atoms with Gasteiger partial charge in [-0.15, -0.1) is 0 Å². The van der Waals surface area contributed by atoms with Crippen LogP contribution in [-0.4, -0.2) is 24.5 Å². The number of rotatable bonds is 5. The van der Waals surface area contributed by atoms with E-state index in [2.05, 4.69) is 32.6 Å². The third-order valence-corrected chi connectivity index (χ3v) is 3.81. The Balaban J connectivity index is 2.08. The Kier molecular flexibility index (Phi) is 5.82. The SMILES string of the molecule is CCCC1CCN(CCCC(C)(C)C)CC1. The topological polar surface area (TPSA) is 3.24 Å². The second-order valence-electron chi connectivity index (χ2n) is 6.74. The normalized spacial score (nSPS) is 20.2. The van der Waals surface area contributed by atoms with Gasteiger partial charge in [-0.2, -0.15) is 0 Å². The van der Waals surface area contributed by atoms with Crippen LogP contribution >= 0.6 is 0 Å². The van der Waals surface area contributed by atoms with Crippen molar-refractivity contribution in [1.82, 2.24) is 4.90 Å². The van der Waals surface area contributed by atoms with Gasteiger partial charge in [0.15, 0.2) is 0 Å². The zero-order chi connectivity index (χ0) is 12.0. The smallest absolute Gasteiger partial charge is 0.00161 e. The van der Waals surface area contributed by atoms with Crippen LogP contribution in [0.4, 0.5) is 0 Å². The van der Waals surface area contributed by atoms with Crippen LogP contribution < -0.4 is 0 Å². The summed E-state index contributed by atoms with van der Waals surface area (Å²) in [6, 6.07) is 0. The molecule has 0 saturated carbocycles. The molecule has 0 bridgehead atoms. The highest BCUT2D eigenvalue weighted by Crippen LogP contribution is 2.24. The molecule has 96 valence electrons. The number of hydrogen-bond acceptors (Lipinski definition) is 1. The number of piperidine rings is 1. The molecule has 1 saturated heterocycles. The molecule has 0 amide bonds. The predicted molar refractivity (Wildman–Crippen MR) is 72.8 cm³/mol. The van der Waals surface area contributed by atoms with Crippen LogP contribution in [0.15, 0.2) is 0 Å². The van der Waals surface area contributed by atoms with Crippen LogP contribution in [0.3, 0.4) is 0 Å². The largest absolute Gasteiger partial charge is 0.303 e. The lowest BCUT2D eigenvalue weighted by Gasteiger charge is -2.32. The van der Waals surface area contributed by atoms with Gasteiger partial charge in [-0.05, 0) is 56.7 Å². The van der Waals surface area contributed by atoms with Gasteiger partial charge < -0.3 is 4.90 Å². The van der Waals surface area contributed by atoms with E-state index in [9.17, 15) is 0 Å². The zero-order valence-electron chi connectivity index (χ0n) is 11.9.